The van der Waals surface area contributed by atoms with E-state index < -0.39 is 10.0 Å². The van der Waals surface area contributed by atoms with Gasteiger partial charge in [-0.15, -0.1) is 0 Å². The van der Waals surface area contributed by atoms with Gasteiger partial charge in [-0.1, -0.05) is 24.3 Å². The van der Waals surface area contributed by atoms with Gasteiger partial charge in [-0.25, -0.2) is 8.42 Å². The Balaban J connectivity index is 1.38. The number of aromatic nitrogens is 1. The molecule has 0 bridgehead atoms. The molecule has 36 heavy (non-hydrogen) atoms. The molecule has 2 aromatic heterocycles. The fourth-order valence-electron chi connectivity index (χ4n) is 4.79. The van der Waals surface area contributed by atoms with Gasteiger partial charge in [0.25, 0.3) is 5.91 Å². The van der Waals surface area contributed by atoms with E-state index in [4.69, 9.17) is 9.15 Å². The summed E-state index contributed by atoms with van der Waals surface area (Å²) in [4.78, 5) is 15.6. The monoisotopic (exact) mass is 507 g/mol. The van der Waals surface area contributed by atoms with Crippen LogP contribution in [-0.4, -0.2) is 60.9 Å². The summed E-state index contributed by atoms with van der Waals surface area (Å²) in [5.41, 5.74) is 3.42. The van der Waals surface area contributed by atoms with E-state index in [0.717, 1.165) is 16.5 Å². The molecule has 0 aliphatic carbocycles. The maximum absolute atomic E-state index is 13.7. The lowest BCUT2D eigenvalue weighted by Crippen LogP contribution is -2.55. The Bertz CT molecular complexity index is 1500. The van der Waals surface area contributed by atoms with Gasteiger partial charge >= 0.3 is 0 Å². The molecule has 2 aromatic carbocycles. The largest absolute Gasteiger partial charge is 0.497 e. The topological polar surface area (TPSA) is 85.0 Å². The maximum Gasteiger partial charge on any atom is 0.270 e. The maximum atomic E-state index is 13.7. The van der Waals surface area contributed by atoms with Crippen LogP contribution in [0.1, 0.15) is 28.5 Å². The Morgan fingerprint density at radius 3 is 2.53 bits per heavy atom. The minimum absolute atomic E-state index is 0.136. The first-order valence-corrected chi connectivity index (χ1v) is 13.3. The second kappa shape index (κ2) is 9.48. The van der Waals surface area contributed by atoms with Crippen molar-refractivity contribution in [1.82, 2.24) is 13.8 Å². The summed E-state index contributed by atoms with van der Waals surface area (Å²) < 4.78 is 40.8. The molecule has 5 rings (SSSR count). The lowest BCUT2D eigenvalue weighted by Gasteiger charge is -2.39. The van der Waals surface area contributed by atoms with Crippen LogP contribution in [0.25, 0.3) is 11.1 Å². The second-order valence-corrected chi connectivity index (χ2v) is 11.0. The molecule has 1 unspecified atom stereocenters. The number of methoxy groups -OCH3 is 1. The summed E-state index contributed by atoms with van der Waals surface area (Å²) in [6, 6.07) is 17.8. The highest BCUT2D eigenvalue weighted by atomic mass is 32.2. The highest BCUT2D eigenvalue weighted by molar-refractivity contribution is 7.89. The molecule has 4 aromatic rings. The van der Waals surface area contributed by atoms with Gasteiger partial charge in [-0.2, -0.15) is 4.31 Å². The Hall–Kier alpha value is -3.56. The van der Waals surface area contributed by atoms with Crippen molar-refractivity contribution in [3.05, 3.63) is 83.7 Å². The highest BCUT2D eigenvalue weighted by Crippen LogP contribution is 2.27. The predicted octanol–water partition coefficient (Wildman–Crippen LogP) is 4.13. The first kappa shape index (κ1) is 24.1. The molecular weight excluding hydrogens is 478 g/mol. The average Bonchev–Trinajstić information content (AvgIpc) is 3.47. The lowest BCUT2D eigenvalue weighted by molar-refractivity contribution is 0.0632. The molecule has 0 spiro atoms. The highest BCUT2D eigenvalue weighted by Gasteiger charge is 2.36. The van der Waals surface area contributed by atoms with Crippen LogP contribution in [0.4, 0.5) is 0 Å². The number of amides is 1. The number of carbonyl (C=O) groups is 1. The van der Waals surface area contributed by atoms with Gasteiger partial charge in [0.1, 0.15) is 11.4 Å². The van der Waals surface area contributed by atoms with E-state index in [9.17, 15) is 13.2 Å². The van der Waals surface area contributed by atoms with Gasteiger partial charge < -0.3 is 18.6 Å². The van der Waals surface area contributed by atoms with Gasteiger partial charge in [0.2, 0.25) is 15.7 Å². The Morgan fingerprint density at radius 1 is 1.08 bits per heavy atom. The lowest BCUT2D eigenvalue weighted by atomic mass is 10.1. The van der Waals surface area contributed by atoms with Gasteiger partial charge in [-0.05, 0) is 61.4 Å². The van der Waals surface area contributed by atoms with Crippen molar-refractivity contribution < 1.29 is 22.4 Å². The Kier molecular flexibility index (Phi) is 6.36. The van der Waals surface area contributed by atoms with Crippen LogP contribution in [0, 0.1) is 6.92 Å². The van der Waals surface area contributed by atoms with Gasteiger partial charge in [0.15, 0.2) is 0 Å². The summed E-state index contributed by atoms with van der Waals surface area (Å²) in [6.45, 7) is 5.20. The zero-order chi connectivity index (χ0) is 25.4. The summed E-state index contributed by atoms with van der Waals surface area (Å²) >= 11 is 0. The number of furan rings is 1. The smallest absolute Gasteiger partial charge is 0.270 e. The van der Waals surface area contributed by atoms with Gasteiger partial charge in [-0.3, -0.25) is 4.79 Å². The normalized spacial score (nSPS) is 17.0. The van der Waals surface area contributed by atoms with Crippen LogP contribution in [0.3, 0.4) is 0 Å². The number of benzene rings is 2. The summed E-state index contributed by atoms with van der Waals surface area (Å²) in [7, 11) is -2.16. The molecule has 3 heterocycles. The van der Waals surface area contributed by atoms with Crippen LogP contribution in [0.2, 0.25) is 0 Å². The molecule has 8 nitrogen and oxygen atoms in total. The third kappa shape index (κ3) is 4.29. The van der Waals surface area contributed by atoms with Crippen LogP contribution >= 0.6 is 0 Å². The molecule has 188 valence electrons. The third-order valence-corrected chi connectivity index (χ3v) is 8.86. The van der Waals surface area contributed by atoms with Crippen molar-refractivity contribution in [2.24, 2.45) is 0 Å². The van der Waals surface area contributed by atoms with Crippen molar-refractivity contribution in [3.63, 3.8) is 0 Å². The number of rotatable bonds is 6. The molecule has 1 amide bonds. The molecule has 1 saturated heterocycles. The van der Waals surface area contributed by atoms with E-state index in [1.165, 1.54) is 11.4 Å². The first-order chi connectivity index (χ1) is 17.3. The van der Waals surface area contributed by atoms with Crippen molar-refractivity contribution in [2.45, 2.75) is 31.3 Å². The molecule has 1 aliphatic rings. The zero-order valence-corrected chi connectivity index (χ0v) is 21.4. The minimum Gasteiger partial charge on any atom is -0.497 e. The van der Waals surface area contributed by atoms with Gasteiger partial charge in [0.05, 0.1) is 24.8 Å². The van der Waals surface area contributed by atoms with Crippen LogP contribution in [0.5, 0.6) is 5.75 Å². The number of ether oxygens (including phenoxy) is 1. The number of hydrogen-bond acceptors (Lipinski definition) is 5. The average molecular weight is 508 g/mol. The van der Waals surface area contributed by atoms with Crippen LogP contribution in [-0.2, 0) is 16.6 Å². The molecular formula is C27H29N3O5S. The molecule has 0 N–H and O–H groups in total. The molecule has 9 heteroatoms. The minimum atomic E-state index is -3.70. The van der Waals surface area contributed by atoms with E-state index in [-0.39, 0.29) is 23.4 Å². The number of nitrogens with zero attached hydrogens (tertiary/aromatic N) is 3. The summed E-state index contributed by atoms with van der Waals surface area (Å²) in [6.07, 6.45) is 1.62. The first-order valence-electron chi connectivity index (χ1n) is 11.9. The molecule has 1 fully saturated rings. The van der Waals surface area contributed by atoms with Gasteiger partial charge in [0, 0.05) is 31.1 Å². The third-order valence-electron chi connectivity index (χ3n) is 6.83. The number of aryl methyl sites for hydroxylation is 1. The SMILES string of the molecule is COc1ccc(S(=O)(=O)N2CCN(C(=O)c3cc4ccoc4n3Cc3ccccc3C)CC2C)cc1. The predicted molar refractivity (Wildman–Crippen MR) is 137 cm³/mol. The van der Waals surface area contributed by atoms with E-state index in [1.54, 1.807) is 35.4 Å². The Labute approximate surface area is 210 Å². The van der Waals surface area contributed by atoms with E-state index >= 15 is 0 Å². The van der Waals surface area contributed by atoms with Crippen molar-refractivity contribution in [3.8, 4) is 5.75 Å². The van der Waals surface area contributed by atoms with E-state index in [0.29, 0.717) is 36.8 Å². The molecule has 1 atom stereocenters. The summed E-state index contributed by atoms with van der Waals surface area (Å²) in [5, 5.41) is 0.862. The zero-order valence-electron chi connectivity index (χ0n) is 20.5. The molecule has 0 radical (unpaired) electrons. The fraction of sp³-hybridized carbons (Fsp3) is 0.296. The number of carbonyl (C=O) groups excluding carboxylic acids is 1. The molecule has 1 aliphatic heterocycles. The fourth-order valence-corrected chi connectivity index (χ4v) is 6.41. The quantitative estimate of drug-likeness (QED) is 0.392. The number of piperazine rings is 1. The van der Waals surface area contributed by atoms with Crippen molar-refractivity contribution in [2.75, 3.05) is 26.7 Å². The second-order valence-electron chi connectivity index (χ2n) is 9.11. The number of hydrogen-bond donors (Lipinski definition) is 0. The number of sulfonamides is 1. The standard InChI is InChI=1S/C27H29N3O5S/c1-19-6-4-5-7-22(19)18-29-25(16-21-12-15-35-27(21)29)26(31)28-13-14-30(20(2)17-28)36(32,33)24-10-8-23(34-3)9-11-24/h4-12,15-16,20H,13-14,17-18H2,1-3H3. The van der Waals surface area contributed by atoms with Crippen molar-refractivity contribution >= 4 is 27.0 Å². The summed E-state index contributed by atoms with van der Waals surface area (Å²) in [5.74, 6) is 0.458. The Morgan fingerprint density at radius 2 is 1.83 bits per heavy atom. The van der Waals surface area contributed by atoms with E-state index in [1.807, 2.05) is 54.8 Å². The van der Waals surface area contributed by atoms with E-state index in [2.05, 4.69) is 0 Å². The van der Waals surface area contributed by atoms with Crippen molar-refractivity contribution in [1.29, 1.82) is 0 Å². The number of fused-ring (bicyclic) bond motifs is 1. The van der Waals surface area contributed by atoms with Crippen LogP contribution < -0.4 is 4.74 Å². The van der Waals surface area contributed by atoms with Crippen LogP contribution in [0.15, 0.2) is 76.2 Å². The molecule has 0 saturated carbocycles.